The lowest BCUT2D eigenvalue weighted by atomic mass is 9.86. The van der Waals surface area contributed by atoms with Gasteiger partial charge in [0, 0.05) is 18.5 Å². The first-order chi connectivity index (χ1) is 8.44. The number of nitrogens with two attached hydrogens (primary N) is 1. The molecular weight excluding hydrogens is 228 g/mol. The fraction of sp³-hybridized carbons (Fsp3) is 0.923. The van der Waals surface area contributed by atoms with E-state index in [0.29, 0.717) is 5.84 Å². The van der Waals surface area contributed by atoms with Crippen molar-refractivity contribution in [2.24, 2.45) is 16.3 Å². The van der Waals surface area contributed by atoms with Crippen LogP contribution in [0.3, 0.4) is 0 Å². The first kappa shape index (κ1) is 17.2. The van der Waals surface area contributed by atoms with Crippen LogP contribution < -0.4 is 11.1 Å². The zero-order valence-corrected chi connectivity index (χ0v) is 12.4. The molecule has 108 valence electrons. The van der Waals surface area contributed by atoms with Crippen LogP contribution in [0.4, 0.5) is 0 Å². The Hall–Kier alpha value is -0.810. The van der Waals surface area contributed by atoms with Crippen molar-refractivity contribution < 1.29 is 5.21 Å². The van der Waals surface area contributed by atoms with E-state index in [1.807, 2.05) is 13.8 Å². The third-order valence-corrected chi connectivity index (χ3v) is 3.42. The lowest BCUT2D eigenvalue weighted by Crippen LogP contribution is -2.32. The van der Waals surface area contributed by atoms with Crippen LogP contribution in [0.5, 0.6) is 0 Å². The van der Waals surface area contributed by atoms with Crippen LogP contribution in [0.15, 0.2) is 5.16 Å². The molecule has 18 heavy (non-hydrogen) atoms. The Morgan fingerprint density at radius 1 is 1.33 bits per heavy atom. The molecule has 4 N–H and O–H groups in total. The van der Waals surface area contributed by atoms with Crippen LogP contribution in [0.25, 0.3) is 0 Å². The van der Waals surface area contributed by atoms with E-state index in [-0.39, 0.29) is 5.41 Å². The number of hydrogen-bond donors (Lipinski definition) is 3. The monoisotopic (exact) mass is 258 g/mol. The summed E-state index contributed by atoms with van der Waals surface area (Å²) in [4.78, 5) is 2.29. The topological polar surface area (TPSA) is 73.9 Å². The average Bonchev–Trinajstić information content (AvgIpc) is 2.35. The molecule has 0 aromatic carbocycles. The molecule has 0 aromatic heterocycles. The molecule has 0 rings (SSSR count). The van der Waals surface area contributed by atoms with Crippen LogP contribution >= 0.6 is 0 Å². The summed E-state index contributed by atoms with van der Waals surface area (Å²) in [6.45, 7) is 10.4. The van der Waals surface area contributed by atoms with Gasteiger partial charge in [0.1, 0.15) is 5.84 Å². The Bertz CT molecular complexity index is 241. The molecule has 0 aromatic rings. The number of amidine groups is 1. The number of rotatable bonds is 10. The molecule has 5 nitrogen and oxygen atoms in total. The number of unbranched alkanes of at least 4 members (excludes halogenated alkanes) is 1. The molecule has 0 radical (unpaired) electrons. The largest absolute Gasteiger partial charge is 0.409 e. The Morgan fingerprint density at radius 2 is 2.00 bits per heavy atom. The van der Waals surface area contributed by atoms with Gasteiger partial charge in [0.05, 0.1) is 0 Å². The highest BCUT2D eigenvalue weighted by atomic mass is 16.4. The highest BCUT2D eigenvalue weighted by Gasteiger charge is 2.22. The minimum Gasteiger partial charge on any atom is -0.409 e. The minimum atomic E-state index is -0.211. The third-order valence-electron chi connectivity index (χ3n) is 3.42. The number of nitrogens with zero attached hydrogens (tertiary/aromatic N) is 2. The molecular formula is C13H30N4O. The summed E-state index contributed by atoms with van der Waals surface area (Å²) in [6.07, 6.45) is 3.15. The first-order valence-corrected chi connectivity index (χ1v) is 6.81. The van der Waals surface area contributed by atoms with Gasteiger partial charge >= 0.3 is 0 Å². The second-order valence-electron chi connectivity index (χ2n) is 5.47. The van der Waals surface area contributed by atoms with Crippen LogP contribution in [-0.4, -0.2) is 49.2 Å². The number of nitrogens with one attached hydrogen (secondary N) is 1. The Kier molecular flexibility index (Phi) is 8.75. The van der Waals surface area contributed by atoms with E-state index in [4.69, 9.17) is 10.9 Å². The lowest BCUT2D eigenvalue weighted by Gasteiger charge is -2.22. The molecule has 5 heteroatoms. The van der Waals surface area contributed by atoms with Gasteiger partial charge in [-0.15, -0.1) is 0 Å². The van der Waals surface area contributed by atoms with E-state index >= 15 is 0 Å². The normalized spacial score (nSPS) is 13.3. The molecule has 0 aliphatic carbocycles. The Morgan fingerprint density at radius 3 is 2.56 bits per heavy atom. The second-order valence-corrected chi connectivity index (χ2v) is 5.47. The molecule has 0 bridgehead atoms. The maximum atomic E-state index is 8.66. The van der Waals surface area contributed by atoms with Gasteiger partial charge < -0.3 is 21.2 Å². The maximum absolute atomic E-state index is 8.66. The summed E-state index contributed by atoms with van der Waals surface area (Å²) in [7, 11) is 2.13. The average molecular weight is 258 g/mol. The van der Waals surface area contributed by atoms with Crippen molar-refractivity contribution in [2.45, 2.75) is 40.0 Å². The van der Waals surface area contributed by atoms with Crippen molar-refractivity contribution in [1.82, 2.24) is 10.2 Å². The summed E-state index contributed by atoms with van der Waals surface area (Å²) in [5.41, 5.74) is 5.43. The Labute approximate surface area is 111 Å². The zero-order chi connectivity index (χ0) is 14.0. The third kappa shape index (κ3) is 7.50. The van der Waals surface area contributed by atoms with Crippen LogP contribution in [0, 0.1) is 5.41 Å². The summed E-state index contributed by atoms with van der Waals surface area (Å²) >= 11 is 0. The highest BCUT2D eigenvalue weighted by molar-refractivity contribution is 5.85. The van der Waals surface area contributed by atoms with Crippen molar-refractivity contribution in [3.8, 4) is 0 Å². The summed E-state index contributed by atoms with van der Waals surface area (Å²) in [5, 5.41) is 15.2. The summed E-state index contributed by atoms with van der Waals surface area (Å²) < 4.78 is 0. The van der Waals surface area contributed by atoms with Crippen molar-refractivity contribution >= 4 is 5.84 Å². The van der Waals surface area contributed by atoms with Crippen LogP contribution in [0.1, 0.15) is 40.0 Å². The van der Waals surface area contributed by atoms with Crippen molar-refractivity contribution in [1.29, 1.82) is 0 Å². The van der Waals surface area contributed by atoms with Crippen molar-refractivity contribution in [3.05, 3.63) is 0 Å². The molecule has 0 unspecified atom stereocenters. The van der Waals surface area contributed by atoms with E-state index in [1.165, 1.54) is 0 Å². The zero-order valence-electron chi connectivity index (χ0n) is 12.4. The molecule has 0 aliphatic rings. The quantitative estimate of drug-likeness (QED) is 0.182. The van der Waals surface area contributed by atoms with Gasteiger partial charge in [0.25, 0.3) is 0 Å². The molecule has 0 atom stereocenters. The summed E-state index contributed by atoms with van der Waals surface area (Å²) in [6, 6.07) is 0. The predicted molar refractivity (Wildman–Crippen MR) is 77.1 cm³/mol. The molecule has 0 heterocycles. The molecule has 0 amide bonds. The fourth-order valence-corrected chi connectivity index (χ4v) is 1.63. The summed E-state index contributed by atoms with van der Waals surface area (Å²) in [5.74, 6) is 0.319. The highest BCUT2D eigenvalue weighted by Crippen LogP contribution is 2.22. The van der Waals surface area contributed by atoms with Gasteiger partial charge in [-0.05, 0) is 33.0 Å². The molecule has 0 fully saturated rings. The second kappa shape index (κ2) is 9.16. The number of likely N-dealkylation sites (N-methyl/N-ethyl adjacent to an activating group) is 1. The van der Waals surface area contributed by atoms with Crippen LogP contribution in [-0.2, 0) is 0 Å². The van der Waals surface area contributed by atoms with E-state index < -0.39 is 0 Å². The van der Waals surface area contributed by atoms with E-state index in [9.17, 15) is 0 Å². The number of oxime groups is 1. The van der Waals surface area contributed by atoms with Gasteiger partial charge in [0.2, 0.25) is 0 Å². The first-order valence-electron chi connectivity index (χ1n) is 6.81. The lowest BCUT2D eigenvalue weighted by molar-refractivity contribution is 0.304. The van der Waals surface area contributed by atoms with E-state index in [1.54, 1.807) is 0 Å². The Balaban J connectivity index is 3.51. The number of hydrogen-bond acceptors (Lipinski definition) is 4. The SMILES string of the molecule is CCN(C)CCNCCCCC(C)(C)C(N)=NO. The van der Waals surface area contributed by atoms with Crippen molar-refractivity contribution in [2.75, 3.05) is 33.2 Å². The van der Waals surface area contributed by atoms with Gasteiger partial charge in [-0.3, -0.25) is 0 Å². The fourth-order valence-electron chi connectivity index (χ4n) is 1.63. The minimum absolute atomic E-state index is 0.211. The van der Waals surface area contributed by atoms with E-state index in [2.05, 4.69) is 29.3 Å². The van der Waals surface area contributed by atoms with Crippen LogP contribution in [0.2, 0.25) is 0 Å². The predicted octanol–water partition coefficient (Wildman–Crippen LogP) is 1.47. The van der Waals surface area contributed by atoms with E-state index in [0.717, 1.165) is 45.4 Å². The molecule has 0 spiro atoms. The van der Waals surface area contributed by atoms with Gasteiger partial charge in [-0.25, -0.2) is 0 Å². The van der Waals surface area contributed by atoms with Gasteiger partial charge in [0.15, 0.2) is 0 Å². The smallest absolute Gasteiger partial charge is 0.144 e. The van der Waals surface area contributed by atoms with Gasteiger partial charge in [-0.2, -0.15) is 0 Å². The van der Waals surface area contributed by atoms with Crippen molar-refractivity contribution in [3.63, 3.8) is 0 Å². The maximum Gasteiger partial charge on any atom is 0.144 e. The molecule has 0 saturated heterocycles. The van der Waals surface area contributed by atoms with Gasteiger partial charge in [-0.1, -0.05) is 32.3 Å². The molecule has 0 saturated carbocycles. The molecule has 0 aliphatic heterocycles. The standard InChI is InChI=1S/C13H30N4O/c1-5-17(4)11-10-15-9-7-6-8-13(2,3)12(14)16-18/h15,18H,5-11H2,1-4H3,(H2,14,16).